The van der Waals surface area contributed by atoms with E-state index in [4.69, 9.17) is 9.47 Å². The molecule has 0 spiro atoms. The molecule has 1 aliphatic heterocycles. The average molecular weight is 501 g/mol. The minimum Gasteiger partial charge on any atom is -0.465 e. The Labute approximate surface area is 212 Å². The summed E-state index contributed by atoms with van der Waals surface area (Å²) in [5.41, 5.74) is 2.89. The molecule has 0 bridgehead atoms. The summed E-state index contributed by atoms with van der Waals surface area (Å²) in [5, 5.41) is 5.14. The Morgan fingerprint density at radius 3 is 2.08 bits per heavy atom. The second kappa shape index (κ2) is 10.7. The van der Waals surface area contributed by atoms with Crippen LogP contribution in [-0.2, 0) is 14.3 Å². The van der Waals surface area contributed by atoms with Gasteiger partial charge >= 0.3 is 18.0 Å². The molecule has 10 nitrogen and oxygen atoms in total. The zero-order valence-corrected chi connectivity index (χ0v) is 20.3. The van der Waals surface area contributed by atoms with Crippen molar-refractivity contribution in [2.75, 3.05) is 31.5 Å². The lowest BCUT2D eigenvalue weighted by molar-refractivity contribution is -0.119. The van der Waals surface area contributed by atoms with E-state index >= 15 is 0 Å². The Kier molecular flexibility index (Phi) is 7.28. The van der Waals surface area contributed by atoms with Crippen LogP contribution in [0.3, 0.4) is 0 Å². The third-order valence-electron chi connectivity index (χ3n) is 5.69. The molecule has 37 heavy (non-hydrogen) atoms. The largest absolute Gasteiger partial charge is 0.465 e. The monoisotopic (exact) mass is 500 g/mol. The quantitative estimate of drug-likeness (QED) is 0.518. The minimum absolute atomic E-state index is 0.0332. The molecule has 3 aromatic rings. The van der Waals surface area contributed by atoms with Gasteiger partial charge in [0.2, 0.25) is 6.17 Å². The number of benzene rings is 3. The van der Waals surface area contributed by atoms with Crippen LogP contribution in [0.2, 0.25) is 0 Å². The standard InChI is InChI=1S/C27H24N4O6/c1-31-21-12-8-7-11-20(21)22(16-9-5-4-6-10-16)29-23(24(31)32)30-27(35)28-19-14-17(25(33)36-2)13-18(15-19)26(34)37-3/h4-15,23H,1-3H3,(H2,28,30,35)/t23-/m1/s1. The number of carbonyl (C=O) groups is 4. The third-order valence-corrected chi connectivity index (χ3v) is 5.69. The first-order valence-electron chi connectivity index (χ1n) is 11.2. The van der Waals surface area contributed by atoms with Crippen LogP contribution in [0.15, 0.2) is 77.8 Å². The highest BCUT2D eigenvalue weighted by Gasteiger charge is 2.31. The highest BCUT2D eigenvalue weighted by atomic mass is 16.5. The number of nitrogens with zero attached hydrogens (tertiary/aromatic N) is 2. The molecule has 2 N–H and O–H groups in total. The molecule has 10 heteroatoms. The van der Waals surface area contributed by atoms with Gasteiger partial charge in [0.05, 0.1) is 36.7 Å². The van der Waals surface area contributed by atoms with Gasteiger partial charge in [0.1, 0.15) is 0 Å². The molecule has 1 heterocycles. The summed E-state index contributed by atoms with van der Waals surface area (Å²) in [5.74, 6) is -1.86. The average Bonchev–Trinajstić information content (AvgIpc) is 3.03. The second-order valence-electron chi connectivity index (χ2n) is 8.04. The van der Waals surface area contributed by atoms with E-state index in [9.17, 15) is 19.2 Å². The maximum Gasteiger partial charge on any atom is 0.337 e. The van der Waals surface area contributed by atoms with Crippen LogP contribution < -0.4 is 15.5 Å². The van der Waals surface area contributed by atoms with Gasteiger partial charge in [-0.15, -0.1) is 0 Å². The van der Waals surface area contributed by atoms with Crippen LogP contribution in [0.5, 0.6) is 0 Å². The van der Waals surface area contributed by atoms with Crippen molar-refractivity contribution in [2.45, 2.75) is 6.17 Å². The highest BCUT2D eigenvalue weighted by Crippen LogP contribution is 2.27. The number of benzodiazepines with no additional fused rings is 1. The third kappa shape index (κ3) is 5.32. The van der Waals surface area contributed by atoms with Crippen LogP contribution in [0.1, 0.15) is 31.8 Å². The van der Waals surface area contributed by atoms with Gasteiger partial charge in [-0.1, -0.05) is 48.5 Å². The van der Waals surface area contributed by atoms with Gasteiger partial charge in [0, 0.05) is 23.9 Å². The van der Waals surface area contributed by atoms with Crippen molar-refractivity contribution in [2.24, 2.45) is 4.99 Å². The number of hydrogen-bond acceptors (Lipinski definition) is 7. The molecule has 4 rings (SSSR count). The fourth-order valence-corrected chi connectivity index (χ4v) is 3.90. The molecule has 0 radical (unpaired) electrons. The zero-order valence-electron chi connectivity index (χ0n) is 20.3. The number of urea groups is 1. The lowest BCUT2D eigenvalue weighted by Gasteiger charge is -2.21. The van der Waals surface area contributed by atoms with Crippen molar-refractivity contribution in [1.82, 2.24) is 5.32 Å². The van der Waals surface area contributed by atoms with Crippen molar-refractivity contribution in [3.63, 3.8) is 0 Å². The predicted octanol–water partition coefficient (Wildman–Crippen LogP) is 3.22. The Bertz CT molecular complexity index is 1370. The Hall–Kier alpha value is -4.99. The number of carbonyl (C=O) groups excluding carboxylic acids is 4. The molecule has 0 aliphatic carbocycles. The molecule has 1 atom stereocenters. The second-order valence-corrected chi connectivity index (χ2v) is 8.04. The number of nitrogens with one attached hydrogen (secondary N) is 2. The van der Waals surface area contributed by atoms with Gasteiger partial charge in [-0.3, -0.25) is 4.79 Å². The van der Waals surface area contributed by atoms with Crippen LogP contribution in [0.4, 0.5) is 16.2 Å². The Balaban J connectivity index is 1.66. The summed E-state index contributed by atoms with van der Waals surface area (Å²) >= 11 is 0. The molecule has 0 fully saturated rings. The van der Waals surface area contributed by atoms with E-state index < -0.39 is 30.0 Å². The summed E-state index contributed by atoms with van der Waals surface area (Å²) in [7, 11) is 4.00. The SMILES string of the molecule is COC(=O)c1cc(NC(=O)N[C@H]2N=C(c3ccccc3)c3ccccc3N(C)C2=O)cc(C(=O)OC)c1. The maximum atomic E-state index is 13.3. The first-order chi connectivity index (χ1) is 17.8. The minimum atomic E-state index is -1.25. The molecule has 3 amide bonds. The fraction of sp³-hybridized carbons (Fsp3) is 0.148. The van der Waals surface area contributed by atoms with E-state index in [0.717, 1.165) is 11.1 Å². The molecule has 0 saturated carbocycles. The number of fused-ring (bicyclic) bond motifs is 1. The number of ether oxygens (including phenoxy) is 2. The van der Waals surface area contributed by atoms with Crippen molar-refractivity contribution in [3.8, 4) is 0 Å². The number of amides is 3. The number of hydrogen-bond donors (Lipinski definition) is 2. The van der Waals surface area contributed by atoms with Gasteiger partial charge in [0.15, 0.2) is 0 Å². The Morgan fingerprint density at radius 1 is 0.865 bits per heavy atom. The first kappa shape index (κ1) is 25.1. The van der Waals surface area contributed by atoms with Crippen molar-refractivity contribution in [1.29, 1.82) is 0 Å². The molecule has 0 aromatic heterocycles. The van der Waals surface area contributed by atoms with Crippen molar-refractivity contribution < 1.29 is 28.7 Å². The zero-order chi connectivity index (χ0) is 26.5. The lowest BCUT2D eigenvalue weighted by Crippen LogP contribution is -2.47. The van der Waals surface area contributed by atoms with Gasteiger partial charge < -0.3 is 25.0 Å². The predicted molar refractivity (Wildman–Crippen MR) is 137 cm³/mol. The fourth-order valence-electron chi connectivity index (χ4n) is 3.90. The summed E-state index contributed by atoms with van der Waals surface area (Å²) in [4.78, 5) is 56.4. The summed E-state index contributed by atoms with van der Waals surface area (Å²) in [6.07, 6.45) is -1.25. The van der Waals surface area contributed by atoms with E-state index in [-0.39, 0.29) is 16.8 Å². The summed E-state index contributed by atoms with van der Waals surface area (Å²) in [6.45, 7) is 0. The van der Waals surface area contributed by atoms with Gasteiger partial charge in [-0.2, -0.15) is 0 Å². The molecule has 1 aliphatic rings. The molecule has 3 aromatic carbocycles. The number of methoxy groups -OCH3 is 2. The molecule has 188 valence electrons. The van der Waals surface area contributed by atoms with Crippen LogP contribution in [0.25, 0.3) is 0 Å². The van der Waals surface area contributed by atoms with E-state index in [1.807, 2.05) is 48.5 Å². The van der Waals surface area contributed by atoms with Gasteiger partial charge in [-0.05, 0) is 24.3 Å². The lowest BCUT2D eigenvalue weighted by atomic mass is 10.0. The van der Waals surface area contributed by atoms with Crippen LogP contribution in [-0.4, -0.2) is 57.0 Å². The summed E-state index contributed by atoms with van der Waals surface area (Å²) < 4.78 is 9.45. The van der Waals surface area contributed by atoms with E-state index in [1.165, 1.54) is 37.3 Å². The number of likely N-dealkylation sites (N-methyl/N-ethyl adjacent to an activating group) is 1. The smallest absolute Gasteiger partial charge is 0.337 e. The highest BCUT2D eigenvalue weighted by molar-refractivity contribution is 6.20. The van der Waals surface area contributed by atoms with Gasteiger partial charge in [-0.25, -0.2) is 19.4 Å². The van der Waals surface area contributed by atoms with E-state index in [1.54, 1.807) is 13.1 Å². The number of para-hydroxylation sites is 1. The molecule has 0 saturated heterocycles. The molecule has 0 unspecified atom stereocenters. The first-order valence-corrected chi connectivity index (χ1v) is 11.2. The topological polar surface area (TPSA) is 126 Å². The number of esters is 2. The molecular weight excluding hydrogens is 476 g/mol. The van der Waals surface area contributed by atoms with Gasteiger partial charge in [0.25, 0.3) is 5.91 Å². The van der Waals surface area contributed by atoms with E-state index in [0.29, 0.717) is 11.4 Å². The van der Waals surface area contributed by atoms with Crippen LogP contribution in [0, 0.1) is 0 Å². The maximum absolute atomic E-state index is 13.3. The number of aliphatic imine (C=N–C) groups is 1. The molecular formula is C27H24N4O6. The van der Waals surface area contributed by atoms with Crippen molar-refractivity contribution in [3.05, 3.63) is 95.1 Å². The number of anilines is 2. The van der Waals surface area contributed by atoms with E-state index in [2.05, 4.69) is 15.6 Å². The van der Waals surface area contributed by atoms with Crippen LogP contribution >= 0.6 is 0 Å². The summed E-state index contributed by atoms with van der Waals surface area (Å²) in [6, 6.07) is 19.9. The normalized spacial score (nSPS) is 14.6. The van der Waals surface area contributed by atoms with Crippen molar-refractivity contribution >= 4 is 41.0 Å². The number of rotatable bonds is 5. The Morgan fingerprint density at radius 2 is 1.46 bits per heavy atom.